The van der Waals surface area contributed by atoms with Crippen LogP contribution in [-0.4, -0.2) is 40.6 Å². The number of carboxylic acids is 1. The van der Waals surface area contributed by atoms with Crippen LogP contribution < -0.4 is 5.32 Å². The summed E-state index contributed by atoms with van der Waals surface area (Å²) in [6.07, 6.45) is 4.62. The van der Waals surface area contributed by atoms with Crippen LogP contribution in [0.1, 0.15) is 46.0 Å². The number of carbonyl (C=O) groups excluding carboxylic acids is 1. The van der Waals surface area contributed by atoms with Crippen molar-refractivity contribution in [2.75, 3.05) is 6.54 Å². The van der Waals surface area contributed by atoms with Gasteiger partial charge in [0.1, 0.15) is 6.04 Å². The number of aliphatic carboxylic acids is 1. The second kappa shape index (κ2) is 5.80. The molecule has 1 heterocycles. The van der Waals surface area contributed by atoms with E-state index in [1.165, 1.54) is 4.90 Å². The molecule has 0 aromatic heterocycles. The minimum atomic E-state index is -0.891. The molecule has 1 saturated heterocycles. The number of hydrogen-bond acceptors (Lipinski definition) is 2. The van der Waals surface area contributed by atoms with E-state index in [4.69, 9.17) is 5.11 Å². The molecule has 19 heavy (non-hydrogen) atoms. The van der Waals surface area contributed by atoms with Crippen LogP contribution in [0.2, 0.25) is 0 Å². The Labute approximate surface area is 114 Å². The Hall–Kier alpha value is -1.26. The Balaban J connectivity index is 1.92. The lowest BCUT2D eigenvalue weighted by Crippen LogP contribution is -2.51. The van der Waals surface area contributed by atoms with Gasteiger partial charge in [0.15, 0.2) is 0 Å². The first-order valence-electron chi connectivity index (χ1n) is 7.29. The lowest BCUT2D eigenvalue weighted by molar-refractivity contribution is -0.141. The van der Waals surface area contributed by atoms with Gasteiger partial charge >= 0.3 is 12.0 Å². The minimum absolute atomic E-state index is 0.193. The van der Waals surface area contributed by atoms with Crippen LogP contribution in [-0.2, 0) is 4.79 Å². The van der Waals surface area contributed by atoms with Gasteiger partial charge in [0.2, 0.25) is 0 Å². The third-order valence-corrected chi connectivity index (χ3v) is 4.54. The summed E-state index contributed by atoms with van der Waals surface area (Å²) in [5.74, 6) is 0.304. The molecule has 0 aromatic carbocycles. The Morgan fingerprint density at radius 1 is 1.21 bits per heavy atom. The van der Waals surface area contributed by atoms with E-state index >= 15 is 0 Å². The van der Waals surface area contributed by atoms with E-state index in [1.807, 2.05) is 0 Å². The average Bonchev–Trinajstić information content (AvgIpc) is 2.82. The van der Waals surface area contributed by atoms with Crippen molar-refractivity contribution in [3.8, 4) is 0 Å². The summed E-state index contributed by atoms with van der Waals surface area (Å²) < 4.78 is 0. The van der Waals surface area contributed by atoms with Crippen molar-refractivity contribution in [1.29, 1.82) is 0 Å². The molecule has 2 fully saturated rings. The van der Waals surface area contributed by atoms with Crippen LogP contribution in [0.15, 0.2) is 0 Å². The van der Waals surface area contributed by atoms with Crippen molar-refractivity contribution in [1.82, 2.24) is 10.2 Å². The van der Waals surface area contributed by atoms with Gasteiger partial charge in [0.25, 0.3) is 0 Å². The van der Waals surface area contributed by atoms with Gasteiger partial charge in [-0.2, -0.15) is 0 Å². The molecule has 0 aromatic rings. The molecule has 3 unspecified atom stereocenters. The van der Waals surface area contributed by atoms with Crippen LogP contribution in [0.3, 0.4) is 0 Å². The molecular weight excluding hydrogens is 244 g/mol. The largest absolute Gasteiger partial charge is 0.480 e. The van der Waals surface area contributed by atoms with E-state index in [1.54, 1.807) is 0 Å². The zero-order chi connectivity index (χ0) is 14.0. The maximum absolute atomic E-state index is 12.2. The molecule has 0 bridgehead atoms. The number of carboxylic acid groups (broad SMARTS) is 1. The molecule has 5 nitrogen and oxygen atoms in total. The molecule has 4 atom stereocenters. The summed E-state index contributed by atoms with van der Waals surface area (Å²) in [6.45, 7) is 4.97. The molecule has 0 spiro atoms. The SMILES string of the molecule is CC1CCC(NC(=O)N2CCC[C@H]2C(=O)O)C(C)C1. The predicted molar refractivity (Wildman–Crippen MR) is 71.9 cm³/mol. The van der Waals surface area contributed by atoms with E-state index in [0.29, 0.717) is 18.9 Å². The molecule has 108 valence electrons. The summed E-state index contributed by atoms with van der Waals surface area (Å²) >= 11 is 0. The summed E-state index contributed by atoms with van der Waals surface area (Å²) in [5, 5.41) is 12.1. The van der Waals surface area contributed by atoms with Gasteiger partial charge < -0.3 is 15.3 Å². The van der Waals surface area contributed by atoms with E-state index in [9.17, 15) is 9.59 Å². The molecule has 1 aliphatic heterocycles. The van der Waals surface area contributed by atoms with E-state index < -0.39 is 12.0 Å². The number of rotatable bonds is 2. The zero-order valence-corrected chi connectivity index (χ0v) is 11.8. The van der Waals surface area contributed by atoms with Crippen LogP contribution >= 0.6 is 0 Å². The number of urea groups is 1. The third kappa shape index (κ3) is 3.19. The van der Waals surface area contributed by atoms with E-state index in [2.05, 4.69) is 19.2 Å². The monoisotopic (exact) mass is 268 g/mol. The molecule has 2 N–H and O–H groups in total. The molecule has 1 aliphatic carbocycles. The number of likely N-dealkylation sites (tertiary alicyclic amines) is 1. The molecule has 2 amide bonds. The van der Waals surface area contributed by atoms with Gasteiger partial charge in [-0.3, -0.25) is 0 Å². The number of nitrogens with zero attached hydrogens (tertiary/aromatic N) is 1. The molecule has 0 radical (unpaired) electrons. The third-order valence-electron chi connectivity index (χ3n) is 4.54. The van der Waals surface area contributed by atoms with Crippen molar-refractivity contribution in [3.63, 3.8) is 0 Å². The first-order valence-corrected chi connectivity index (χ1v) is 7.29. The fourth-order valence-electron chi connectivity index (χ4n) is 3.39. The van der Waals surface area contributed by atoms with Crippen LogP contribution in [0, 0.1) is 11.8 Å². The molecule has 5 heteroatoms. The second-order valence-electron chi connectivity index (χ2n) is 6.14. The summed E-state index contributed by atoms with van der Waals surface area (Å²) in [6, 6.07) is -0.645. The van der Waals surface area contributed by atoms with E-state index in [0.717, 1.165) is 31.6 Å². The van der Waals surface area contributed by atoms with Crippen LogP contribution in [0.5, 0.6) is 0 Å². The Morgan fingerprint density at radius 3 is 2.58 bits per heavy atom. The lowest BCUT2D eigenvalue weighted by atomic mass is 9.80. The highest BCUT2D eigenvalue weighted by Crippen LogP contribution is 2.29. The normalized spacial score (nSPS) is 35.2. The lowest BCUT2D eigenvalue weighted by Gasteiger charge is -2.34. The molecular formula is C14H24N2O3. The molecule has 1 saturated carbocycles. The molecule has 2 aliphatic rings. The number of nitrogens with one attached hydrogen (secondary N) is 1. The summed E-state index contributed by atoms with van der Waals surface area (Å²) in [7, 11) is 0. The van der Waals surface area contributed by atoms with Gasteiger partial charge in [-0.1, -0.05) is 13.8 Å². The van der Waals surface area contributed by atoms with Crippen LogP contribution in [0.25, 0.3) is 0 Å². The van der Waals surface area contributed by atoms with Crippen molar-refractivity contribution in [3.05, 3.63) is 0 Å². The topological polar surface area (TPSA) is 69.6 Å². The highest BCUT2D eigenvalue weighted by molar-refractivity contribution is 5.83. The van der Waals surface area contributed by atoms with Gasteiger partial charge in [0.05, 0.1) is 0 Å². The Bertz CT molecular complexity index is 359. The van der Waals surface area contributed by atoms with Crippen LogP contribution in [0.4, 0.5) is 4.79 Å². The van der Waals surface area contributed by atoms with Crippen molar-refractivity contribution < 1.29 is 14.7 Å². The van der Waals surface area contributed by atoms with E-state index in [-0.39, 0.29) is 12.1 Å². The minimum Gasteiger partial charge on any atom is -0.480 e. The quantitative estimate of drug-likeness (QED) is 0.805. The highest BCUT2D eigenvalue weighted by Gasteiger charge is 2.36. The zero-order valence-electron chi connectivity index (χ0n) is 11.8. The fourth-order valence-corrected chi connectivity index (χ4v) is 3.39. The number of hydrogen-bond donors (Lipinski definition) is 2. The standard InChI is InChI=1S/C14H24N2O3/c1-9-5-6-11(10(2)8-9)15-14(19)16-7-3-4-12(16)13(17)18/h9-12H,3-8H2,1-2H3,(H,15,19)(H,17,18)/t9?,10?,11?,12-/m0/s1. The van der Waals surface area contributed by atoms with Gasteiger partial charge in [-0.15, -0.1) is 0 Å². The number of amides is 2. The Morgan fingerprint density at radius 2 is 1.95 bits per heavy atom. The summed E-state index contributed by atoms with van der Waals surface area (Å²) in [5.41, 5.74) is 0. The maximum atomic E-state index is 12.2. The average molecular weight is 268 g/mol. The van der Waals surface area contributed by atoms with Crippen molar-refractivity contribution in [2.45, 2.75) is 58.0 Å². The summed E-state index contributed by atoms with van der Waals surface area (Å²) in [4.78, 5) is 24.8. The first-order chi connectivity index (χ1) is 8.99. The molecule has 2 rings (SSSR count). The smallest absolute Gasteiger partial charge is 0.326 e. The van der Waals surface area contributed by atoms with Gasteiger partial charge in [-0.25, -0.2) is 9.59 Å². The predicted octanol–water partition coefficient (Wildman–Crippen LogP) is 2.07. The number of carbonyl (C=O) groups is 2. The van der Waals surface area contributed by atoms with Crippen molar-refractivity contribution in [2.24, 2.45) is 11.8 Å². The fraction of sp³-hybridized carbons (Fsp3) is 0.857. The van der Waals surface area contributed by atoms with Gasteiger partial charge in [0, 0.05) is 12.6 Å². The Kier molecular flexibility index (Phi) is 4.32. The van der Waals surface area contributed by atoms with Crippen molar-refractivity contribution >= 4 is 12.0 Å². The maximum Gasteiger partial charge on any atom is 0.326 e. The second-order valence-corrected chi connectivity index (χ2v) is 6.14. The highest BCUT2D eigenvalue weighted by atomic mass is 16.4. The first kappa shape index (κ1) is 14.2. The van der Waals surface area contributed by atoms with Gasteiger partial charge in [-0.05, 0) is 43.9 Å².